The van der Waals surface area contributed by atoms with Gasteiger partial charge in [-0.1, -0.05) is 30.0 Å². The van der Waals surface area contributed by atoms with Crippen molar-refractivity contribution >= 4 is 23.4 Å². The third-order valence-electron chi connectivity index (χ3n) is 3.43. The number of rotatable bonds is 8. The molecule has 8 heteroatoms. The normalized spacial score (nSPS) is 10.5. The highest BCUT2D eigenvalue weighted by Gasteiger charge is 2.12. The van der Waals surface area contributed by atoms with Crippen LogP contribution in [0, 0.1) is 0 Å². The smallest absolute Gasteiger partial charge is 0.288 e. The van der Waals surface area contributed by atoms with E-state index in [1.807, 2.05) is 6.07 Å². The van der Waals surface area contributed by atoms with Crippen molar-refractivity contribution in [1.29, 1.82) is 0 Å². The molecule has 1 aromatic heterocycles. The summed E-state index contributed by atoms with van der Waals surface area (Å²) in [6.45, 7) is -0.256. The minimum Gasteiger partial charge on any atom is -0.484 e. The van der Waals surface area contributed by atoms with E-state index in [0.29, 0.717) is 39.7 Å². The number of anilines is 1. The number of hydrogen-bond donors (Lipinski definition) is 1. The van der Waals surface area contributed by atoms with Gasteiger partial charge in [-0.15, -0.1) is 0 Å². The standard InChI is InChI=1S/C20H16F2N2O3S/c21-20(22)28-17-6-2-1-5-16(17)24-18(25)13-26-14-8-10-15(11-9-14)27-19-7-3-4-12-23-19/h1-12,20H,13H2,(H,24,25). The average molecular weight is 402 g/mol. The molecule has 0 radical (unpaired) electrons. The van der Waals surface area contributed by atoms with Crippen molar-refractivity contribution in [3.63, 3.8) is 0 Å². The third-order valence-corrected chi connectivity index (χ3v) is 4.22. The van der Waals surface area contributed by atoms with Crippen LogP contribution in [-0.4, -0.2) is 23.3 Å². The summed E-state index contributed by atoms with van der Waals surface area (Å²) in [6.07, 6.45) is 1.63. The topological polar surface area (TPSA) is 60.5 Å². The lowest BCUT2D eigenvalue weighted by atomic mass is 10.3. The number of carbonyl (C=O) groups is 1. The van der Waals surface area contributed by atoms with Gasteiger partial charge in [0.15, 0.2) is 6.61 Å². The van der Waals surface area contributed by atoms with Crippen LogP contribution in [0.2, 0.25) is 0 Å². The van der Waals surface area contributed by atoms with Crippen molar-refractivity contribution in [3.8, 4) is 17.4 Å². The van der Waals surface area contributed by atoms with E-state index in [1.54, 1.807) is 60.8 Å². The molecule has 0 saturated carbocycles. The Morgan fingerprint density at radius 2 is 1.71 bits per heavy atom. The van der Waals surface area contributed by atoms with Crippen LogP contribution in [0.4, 0.5) is 14.5 Å². The third kappa shape index (κ3) is 5.95. The molecule has 1 N–H and O–H groups in total. The maximum absolute atomic E-state index is 12.6. The molecule has 3 rings (SSSR count). The van der Waals surface area contributed by atoms with E-state index >= 15 is 0 Å². The molecule has 5 nitrogen and oxygen atoms in total. The highest BCUT2D eigenvalue weighted by Crippen LogP contribution is 2.31. The van der Waals surface area contributed by atoms with Gasteiger partial charge in [0.2, 0.25) is 5.88 Å². The molecule has 0 aliphatic carbocycles. The van der Waals surface area contributed by atoms with Crippen molar-refractivity contribution in [2.75, 3.05) is 11.9 Å². The lowest BCUT2D eigenvalue weighted by Gasteiger charge is -2.11. The first-order chi connectivity index (χ1) is 13.6. The number of pyridine rings is 1. The molecular formula is C20H16F2N2O3S. The van der Waals surface area contributed by atoms with Gasteiger partial charge in [-0.2, -0.15) is 8.78 Å². The second-order valence-corrected chi connectivity index (χ2v) is 6.48. The zero-order chi connectivity index (χ0) is 19.8. The van der Waals surface area contributed by atoms with Crippen molar-refractivity contribution in [1.82, 2.24) is 4.98 Å². The number of benzene rings is 2. The fourth-order valence-electron chi connectivity index (χ4n) is 2.24. The first-order valence-electron chi connectivity index (χ1n) is 8.25. The molecule has 144 valence electrons. The molecule has 2 aromatic carbocycles. The van der Waals surface area contributed by atoms with Gasteiger partial charge in [0.1, 0.15) is 11.5 Å². The predicted molar refractivity (Wildman–Crippen MR) is 103 cm³/mol. The van der Waals surface area contributed by atoms with Gasteiger partial charge in [-0.05, 0) is 42.5 Å². The summed E-state index contributed by atoms with van der Waals surface area (Å²) < 4.78 is 36.2. The fraction of sp³-hybridized carbons (Fsp3) is 0.100. The number of hydrogen-bond acceptors (Lipinski definition) is 5. The van der Waals surface area contributed by atoms with Crippen LogP contribution >= 0.6 is 11.8 Å². The lowest BCUT2D eigenvalue weighted by molar-refractivity contribution is -0.118. The average Bonchev–Trinajstić information content (AvgIpc) is 2.69. The summed E-state index contributed by atoms with van der Waals surface area (Å²) in [5.74, 6) is -1.50. The Labute approximate surface area is 164 Å². The summed E-state index contributed by atoms with van der Waals surface area (Å²) >= 11 is 0.376. The molecule has 0 aliphatic rings. The quantitative estimate of drug-likeness (QED) is 0.525. The van der Waals surface area contributed by atoms with E-state index in [-0.39, 0.29) is 6.61 Å². The van der Waals surface area contributed by atoms with Crippen molar-refractivity contribution in [2.24, 2.45) is 0 Å². The Morgan fingerprint density at radius 1 is 1.00 bits per heavy atom. The fourth-order valence-corrected chi connectivity index (χ4v) is 2.83. The number of ether oxygens (including phenoxy) is 2. The van der Waals surface area contributed by atoms with Crippen LogP contribution in [0.15, 0.2) is 77.8 Å². The summed E-state index contributed by atoms with van der Waals surface area (Å²) in [6, 6.07) is 18.4. The number of amides is 1. The minimum absolute atomic E-state index is 0.256. The van der Waals surface area contributed by atoms with E-state index in [1.165, 1.54) is 6.07 Å². The Bertz CT molecular complexity index is 909. The maximum Gasteiger partial charge on any atom is 0.288 e. The molecule has 0 saturated heterocycles. The van der Waals surface area contributed by atoms with E-state index in [0.717, 1.165) is 0 Å². The molecule has 0 atom stereocenters. The summed E-state index contributed by atoms with van der Waals surface area (Å²) in [5, 5.41) is 2.58. The first-order valence-corrected chi connectivity index (χ1v) is 9.13. The van der Waals surface area contributed by atoms with E-state index in [2.05, 4.69) is 10.3 Å². The van der Waals surface area contributed by atoms with Gasteiger partial charge >= 0.3 is 0 Å². The molecule has 0 spiro atoms. The van der Waals surface area contributed by atoms with Crippen LogP contribution in [0.3, 0.4) is 0 Å². The molecule has 1 heterocycles. The van der Waals surface area contributed by atoms with Crippen LogP contribution in [0.5, 0.6) is 17.4 Å². The van der Waals surface area contributed by atoms with Crippen LogP contribution in [0.1, 0.15) is 0 Å². The SMILES string of the molecule is O=C(COc1ccc(Oc2ccccn2)cc1)Nc1ccccc1SC(F)F. The zero-order valence-electron chi connectivity index (χ0n) is 14.5. The Kier molecular flexibility index (Phi) is 6.80. The maximum atomic E-state index is 12.6. The highest BCUT2D eigenvalue weighted by atomic mass is 32.2. The second kappa shape index (κ2) is 9.70. The van der Waals surface area contributed by atoms with Gasteiger partial charge in [-0.3, -0.25) is 4.79 Å². The van der Waals surface area contributed by atoms with E-state index < -0.39 is 11.7 Å². The van der Waals surface area contributed by atoms with Gasteiger partial charge in [-0.25, -0.2) is 4.98 Å². The number of aromatic nitrogens is 1. The van der Waals surface area contributed by atoms with Gasteiger partial charge < -0.3 is 14.8 Å². The highest BCUT2D eigenvalue weighted by molar-refractivity contribution is 7.99. The molecule has 0 aliphatic heterocycles. The summed E-state index contributed by atoms with van der Waals surface area (Å²) in [5.41, 5.74) is 0.320. The largest absolute Gasteiger partial charge is 0.484 e. The molecule has 28 heavy (non-hydrogen) atoms. The lowest BCUT2D eigenvalue weighted by Crippen LogP contribution is -2.20. The Hall–Kier alpha value is -3.13. The van der Waals surface area contributed by atoms with Crippen molar-refractivity contribution in [3.05, 3.63) is 72.9 Å². The van der Waals surface area contributed by atoms with Crippen LogP contribution < -0.4 is 14.8 Å². The van der Waals surface area contributed by atoms with Gasteiger partial charge in [0.05, 0.1) is 5.69 Å². The molecule has 1 amide bonds. The van der Waals surface area contributed by atoms with E-state index in [9.17, 15) is 13.6 Å². The number of halogens is 2. The number of para-hydroxylation sites is 1. The van der Waals surface area contributed by atoms with Gasteiger partial charge in [0, 0.05) is 17.2 Å². The molecule has 0 fully saturated rings. The number of nitrogens with zero attached hydrogens (tertiary/aromatic N) is 1. The zero-order valence-corrected chi connectivity index (χ0v) is 15.4. The van der Waals surface area contributed by atoms with Crippen molar-refractivity contribution in [2.45, 2.75) is 10.7 Å². The monoisotopic (exact) mass is 402 g/mol. The number of carbonyl (C=O) groups excluding carboxylic acids is 1. The second-order valence-electron chi connectivity index (χ2n) is 5.45. The molecular weight excluding hydrogens is 386 g/mol. The number of alkyl halides is 2. The van der Waals surface area contributed by atoms with Crippen LogP contribution in [0.25, 0.3) is 0 Å². The first kappa shape index (κ1) is 19.6. The predicted octanol–water partition coefficient (Wildman–Crippen LogP) is 5.21. The summed E-state index contributed by atoms with van der Waals surface area (Å²) in [7, 11) is 0. The van der Waals surface area contributed by atoms with E-state index in [4.69, 9.17) is 9.47 Å². The van der Waals surface area contributed by atoms with Crippen molar-refractivity contribution < 1.29 is 23.0 Å². The Morgan fingerprint density at radius 3 is 2.43 bits per heavy atom. The molecule has 3 aromatic rings. The number of nitrogens with one attached hydrogen (secondary N) is 1. The summed E-state index contributed by atoms with van der Waals surface area (Å²) in [4.78, 5) is 16.4. The van der Waals surface area contributed by atoms with Crippen LogP contribution in [-0.2, 0) is 4.79 Å². The molecule has 0 bridgehead atoms. The Balaban J connectivity index is 1.52. The number of thioether (sulfide) groups is 1. The minimum atomic E-state index is -2.57. The van der Waals surface area contributed by atoms with Gasteiger partial charge in [0.25, 0.3) is 11.7 Å². The molecule has 0 unspecified atom stereocenters.